The zero-order chi connectivity index (χ0) is 16.2. The second-order valence-corrected chi connectivity index (χ2v) is 5.05. The molecule has 6 heteroatoms. The summed E-state index contributed by atoms with van der Waals surface area (Å²) < 4.78 is 0. The Morgan fingerprint density at radius 1 is 1.22 bits per heavy atom. The summed E-state index contributed by atoms with van der Waals surface area (Å²) in [5.74, 6) is -0.101. The normalized spacial score (nSPS) is 10.6. The highest BCUT2D eigenvalue weighted by Gasteiger charge is 2.17. The van der Waals surface area contributed by atoms with Gasteiger partial charge in [-0.1, -0.05) is 12.2 Å². The summed E-state index contributed by atoms with van der Waals surface area (Å²) in [6, 6.07) is 3.72. The van der Waals surface area contributed by atoms with Crippen molar-refractivity contribution in [3.63, 3.8) is 0 Å². The molecule has 0 fully saturated rings. The van der Waals surface area contributed by atoms with Crippen molar-refractivity contribution >= 4 is 16.9 Å². The minimum absolute atomic E-state index is 0.101. The lowest BCUT2D eigenvalue weighted by atomic mass is 10.1. The van der Waals surface area contributed by atoms with E-state index < -0.39 is 0 Å². The highest BCUT2D eigenvalue weighted by atomic mass is 16.2. The highest BCUT2D eigenvalue weighted by molar-refractivity contribution is 5.96. The zero-order valence-corrected chi connectivity index (χ0v) is 12.6. The van der Waals surface area contributed by atoms with E-state index in [1.807, 2.05) is 12.3 Å². The van der Waals surface area contributed by atoms with Crippen molar-refractivity contribution in [1.29, 1.82) is 0 Å². The summed E-state index contributed by atoms with van der Waals surface area (Å²) >= 11 is 0. The van der Waals surface area contributed by atoms with Crippen LogP contribution in [0.3, 0.4) is 0 Å². The van der Waals surface area contributed by atoms with Gasteiger partial charge in [0.15, 0.2) is 0 Å². The molecule has 0 aliphatic carbocycles. The monoisotopic (exact) mass is 307 g/mol. The summed E-state index contributed by atoms with van der Waals surface area (Å²) in [5.41, 5.74) is 2.90. The SMILES string of the molecule is C=CCN(CC=C)C(=O)c1cc(-c2ncnc3[nH]ccc23)c[nH]1. The van der Waals surface area contributed by atoms with E-state index in [0.29, 0.717) is 18.8 Å². The predicted octanol–water partition coefficient (Wildman–Crippen LogP) is 2.77. The number of H-pyrrole nitrogens is 2. The number of hydrogen-bond donors (Lipinski definition) is 2. The van der Waals surface area contributed by atoms with Crippen molar-refractivity contribution in [2.45, 2.75) is 0 Å². The average Bonchev–Trinajstić information content (AvgIpc) is 3.22. The van der Waals surface area contributed by atoms with Crippen LogP contribution in [0.5, 0.6) is 0 Å². The van der Waals surface area contributed by atoms with Gasteiger partial charge in [-0.05, 0) is 12.1 Å². The Labute approximate surface area is 133 Å². The van der Waals surface area contributed by atoms with Crippen molar-refractivity contribution in [1.82, 2.24) is 24.8 Å². The molecule has 0 bridgehead atoms. The molecule has 23 heavy (non-hydrogen) atoms. The third-order valence-electron chi connectivity index (χ3n) is 3.53. The number of rotatable bonds is 6. The van der Waals surface area contributed by atoms with Crippen molar-refractivity contribution < 1.29 is 4.79 Å². The van der Waals surface area contributed by atoms with E-state index in [1.165, 1.54) is 6.33 Å². The van der Waals surface area contributed by atoms with Gasteiger partial charge in [0.2, 0.25) is 0 Å². The van der Waals surface area contributed by atoms with Crippen LogP contribution in [0.25, 0.3) is 22.3 Å². The molecule has 0 saturated carbocycles. The molecule has 0 unspecified atom stereocenters. The summed E-state index contributed by atoms with van der Waals surface area (Å²) in [5, 5.41) is 0.916. The molecule has 3 aromatic rings. The Balaban J connectivity index is 1.93. The first-order valence-corrected chi connectivity index (χ1v) is 7.22. The van der Waals surface area contributed by atoms with Crippen LogP contribution >= 0.6 is 0 Å². The molecular formula is C17H17N5O. The number of hydrogen-bond acceptors (Lipinski definition) is 3. The lowest BCUT2D eigenvalue weighted by molar-refractivity contribution is 0.0786. The second kappa shape index (κ2) is 6.31. The maximum Gasteiger partial charge on any atom is 0.270 e. The van der Waals surface area contributed by atoms with Gasteiger partial charge >= 0.3 is 0 Å². The van der Waals surface area contributed by atoms with E-state index in [0.717, 1.165) is 22.3 Å². The maximum atomic E-state index is 12.5. The van der Waals surface area contributed by atoms with Crippen LogP contribution in [-0.2, 0) is 0 Å². The smallest absolute Gasteiger partial charge is 0.270 e. The molecule has 0 aromatic carbocycles. The van der Waals surface area contributed by atoms with E-state index >= 15 is 0 Å². The van der Waals surface area contributed by atoms with Gasteiger partial charge in [-0.2, -0.15) is 0 Å². The van der Waals surface area contributed by atoms with Gasteiger partial charge in [0.25, 0.3) is 5.91 Å². The topological polar surface area (TPSA) is 77.7 Å². The summed E-state index contributed by atoms with van der Waals surface area (Å²) in [6.45, 7) is 8.30. The number of nitrogens with zero attached hydrogens (tertiary/aromatic N) is 3. The van der Waals surface area contributed by atoms with E-state index in [-0.39, 0.29) is 5.91 Å². The fraction of sp³-hybridized carbons (Fsp3) is 0.118. The Bertz CT molecular complexity index is 851. The molecule has 0 atom stereocenters. The molecule has 3 rings (SSSR count). The quantitative estimate of drug-likeness (QED) is 0.687. The van der Waals surface area contributed by atoms with Crippen molar-refractivity contribution in [2.75, 3.05) is 13.1 Å². The second-order valence-electron chi connectivity index (χ2n) is 5.05. The van der Waals surface area contributed by atoms with Crippen molar-refractivity contribution in [3.8, 4) is 11.3 Å². The minimum atomic E-state index is -0.101. The number of nitrogens with one attached hydrogen (secondary N) is 2. The zero-order valence-electron chi connectivity index (χ0n) is 12.6. The summed E-state index contributed by atoms with van der Waals surface area (Å²) in [7, 11) is 0. The van der Waals surface area contributed by atoms with Crippen LogP contribution in [0.15, 0.2) is 56.2 Å². The Morgan fingerprint density at radius 3 is 2.74 bits per heavy atom. The van der Waals surface area contributed by atoms with Gasteiger partial charge < -0.3 is 14.9 Å². The largest absolute Gasteiger partial charge is 0.357 e. The van der Waals surface area contributed by atoms with E-state index in [2.05, 4.69) is 33.1 Å². The minimum Gasteiger partial charge on any atom is -0.357 e. The van der Waals surface area contributed by atoms with Crippen LogP contribution < -0.4 is 0 Å². The molecule has 0 spiro atoms. The molecule has 3 heterocycles. The van der Waals surface area contributed by atoms with Gasteiger partial charge in [-0.15, -0.1) is 13.2 Å². The molecule has 3 aromatic heterocycles. The standard InChI is InChI=1S/C17H17N5O/c1-3-7-22(8-4-2)17(23)14-9-12(10-19-14)15-13-5-6-18-16(13)21-11-20-15/h3-6,9-11,19H,1-2,7-8H2,(H,18,20,21). The highest BCUT2D eigenvalue weighted by Crippen LogP contribution is 2.25. The fourth-order valence-corrected chi connectivity index (χ4v) is 2.48. The molecule has 1 amide bonds. The van der Waals surface area contributed by atoms with Gasteiger partial charge in [0, 0.05) is 36.4 Å². The van der Waals surface area contributed by atoms with Gasteiger partial charge in [-0.3, -0.25) is 4.79 Å². The third-order valence-corrected chi connectivity index (χ3v) is 3.53. The molecule has 0 saturated heterocycles. The van der Waals surface area contributed by atoms with Gasteiger partial charge in [-0.25, -0.2) is 9.97 Å². The van der Waals surface area contributed by atoms with Crippen molar-refractivity contribution in [3.05, 3.63) is 61.9 Å². The Morgan fingerprint density at radius 2 is 2.00 bits per heavy atom. The number of aromatic amines is 2. The fourth-order valence-electron chi connectivity index (χ4n) is 2.48. The van der Waals surface area contributed by atoms with Gasteiger partial charge in [0.1, 0.15) is 17.7 Å². The average molecular weight is 307 g/mol. The number of fused-ring (bicyclic) bond motifs is 1. The molecule has 6 nitrogen and oxygen atoms in total. The van der Waals surface area contributed by atoms with E-state index in [1.54, 1.807) is 29.3 Å². The van der Waals surface area contributed by atoms with Gasteiger partial charge in [0.05, 0.1) is 5.69 Å². The first-order chi connectivity index (χ1) is 11.2. The predicted molar refractivity (Wildman–Crippen MR) is 90.0 cm³/mol. The Hall–Kier alpha value is -3.15. The van der Waals surface area contributed by atoms with Crippen LogP contribution in [0.2, 0.25) is 0 Å². The summed E-state index contributed by atoms with van der Waals surface area (Å²) in [6.07, 6.45) is 8.49. The molecule has 0 radical (unpaired) electrons. The lowest BCUT2D eigenvalue weighted by Crippen LogP contribution is -2.31. The number of aromatic nitrogens is 4. The third kappa shape index (κ3) is 2.78. The molecule has 0 aliphatic rings. The molecule has 0 aliphatic heterocycles. The number of carbonyl (C=O) groups excluding carboxylic acids is 1. The van der Waals surface area contributed by atoms with Crippen LogP contribution in [-0.4, -0.2) is 43.8 Å². The first kappa shape index (κ1) is 14.8. The van der Waals surface area contributed by atoms with Crippen LogP contribution in [0.1, 0.15) is 10.5 Å². The first-order valence-electron chi connectivity index (χ1n) is 7.22. The van der Waals surface area contributed by atoms with Crippen LogP contribution in [0, 0.1) is 0 Å². The van der Waals surface area contributed by atoms with Crippen LogP contribution in [0.4, 0.5) is 0 Å². The molecule has 2 N–H and O–H groups in total. The molecular weight excluding hydrogens is 290 g/mol. The maximum absolute atomic E-state index is 12.5. The summed E-state index contributed by atoms with van der Waals surface area (Å²) in [4.78, 5) is 28.8. The number of amides is 1. The van der Waals surface area contributed by atoms with E-state index in [9.17, 15) is 4.79 Å². The Kier molecular flexibility index (Phi) is 4.05. The molecule has 116 valence electrons. The van der Waals surface area contributed by atoms with Crippen molar-refractivity contribution in [2.24, 2.45) is 0 Å². The van der Waals surface area contributed by atoms with E-state index in [4.69, 9.17) is 0 Å². The lowest BCUT2D eigenvalue weighted by Gasteiger charge is -2.18. The number of carbonyl (C=O) groups is 1.